The van der Waals surface area contributed by atoms with Crippen LogP contribution in [0.1, 0.15) is 88.8 Å². The molecule has 12 nitrogen and oxygen atoms in total. The van der Waals surface area contributed by atoms with Gasteiger partial charge in [-0.15, -0.1) is 5.10 Å². The van der Waals surface area contributed by atoms with Crippen LogP contribution < -0.4 is 16.0 Å². The molecule has 1 unspecified atom stereocenters. The van der Waals surface area contributed by atoms with Gasteiger partial charge in [-0.2, -0.15) is 5.26 Å². The Hall–Kier alpha value is -4.63. The van der Waals surface area contributed by atoms with Crippen LogP contribution in [0.4, 0.5) is 0 Å². The van der Waals surface area contributed by atoms with Crippen LogP contribution in [0.3, 0.4) is 0 Å². The Morgan fingerprint density at radius 1 is 1.02 bits per heavy atom. The van der Waals surface area contributed by atoms with Gasteiger partial charge in [0.05, 0.1) is 18.0 Å². The lowest BCUT2D eigenvalue weighted by Gasteiger charge is -2.42. The molecule has 4 atom stereocenters. The molecule has 2 fully saturated rings. The van der Waals surface area contributed by atoms with Crippen molar-refractivity contribution >= 4 is 17.7 Å². The van der Waals surface area contributed by atoms with Gasteiger partial charge in [-0.1, -0.05) is 32.9 Å². The zero-order valence-electron chi connectivity index (χ0n) is 27.0. The highest BCUT2D eigenvalue weighted by Crippen LogP contribution is 2.49. The minimum atomic E-state index is -0.925. The van der Waals surface area contributed by atoms with Gasteiger partial charge in [-0.05, 0) is 100 Å². The van der Waals surface area contributed by atoms with E-state index in [9.17, 15) is 19.6 Å². The molecule has 3 amide bonds. The van der Waals surface area contributed by atoms with Crippen molar-refractivity contribution in [2.24, 2.45) is 11.3 Å². The third-order valence-corrected chi connectivity index (χ3v) is 10.1. The zero-order valence-corrected chi connectivity index (χ0v) is 27.0. The molecule has 0 bridgehead atoms. The predicted molar refractivity (Wildman–Crippen MR) is 170 cm³/mol. The minimum Gasteiger partial charge on any atom is -0.355 e. The maximum Gasteiger partial charge on any atom is 0.251 e. The van der Waals surface area contributed by atoms with Gasteiger partial charge in [0.2, 0.25) is 5.91 Å². The molecule has 3 aliphatic rings. The minimum absolute atomic E-state index is 0.0618. The van der Waals surface area contributed by atoms with Gasteiger partial charge in [0.1, 0.15) is 6.04 Å². The Morgan fingerprint density at radius 2 is 1.63 bits per heavy atom. The highest BCUT2D eigenvalue weighted by molar-refractivity contribution is 5.95. The van der Waals surface area contributed by atoms with E-state index < -0.39 is 5.41 Å². The topological polar surface area (TPSA) is 169 Å². The molecule has 2 aliphatic carbocycles. The van der Waals surface area contributed by atoms with Gasteiger partial charge >= 0.3 is 0 Å². The third-order valence-electron chi connectivity index (χ3n) is 10.1. The number of H-pyrrole nitrogens is 1. The number of carbonyl (C=O) groups is 3. The number of tetrazole rings is 1. The fraction of sp³-hybridized carbons (Fsp3) is 0.500. The molecule has 2 aromatic carbocycles. The number of nitrogens with zero attached hydrogens (tertiary/aromatic N) is 5. The lowest BCUT2D eigenvalue weighted by molar-refractivity contribution is -0.131. The van der Waals surface area contributed by atoms with E-state index in [0.29, 0.717) is 42.1 Å². The lowest BCUT2D eigenvalue weighted by atomic mass is 9.64. The fourth-order valence-corrected chi connectivity index (χ4v) is 7.55. The number of aromatic nitrogens is 4. The van der Waals surface area contributed by atoms with Crippen LogP contribution >= 0.6 is 0 Å². The SMILES string of the molecule is CNC(=O)c1ccc2c(c1)CCc1cc(C(=O)NC)ccc1C2(C[C@H](NCC(=O)N1C(C#N)C[C@@H]2C[C@@H]21)C(C)(C)C)c1nnn[nH]1. The largest absolute Gasteiger partial charge is 0.355 e. The molecule has 12 heteroatoms. The van der Waals surface area contributed by atoms with E-state index in [-0.39, 0.29) is 47.8 Å². The number of hydrogen-bond acceptors (Lipinski definition) is 8. The van der Waals surface area contributed by atoms with Crippen molar-refractivity contribution < 1.29 is 14.4 Å². The third kappa shape index (κ3) is 5.42. The van der Waals surface area contributed by atoms with E-state index >= 15 is 0 Å². The standard InChI is InChI=1S/C34H41N9O3/c1-33(2,3)28(38-18-29(44)43-24(17-35)14-23-15-27(23)43)16-34(32-39-41-42-40-32)25-10-8-21(30(45)36-4)12-19(25)6-7-20-13-22(31(46)37-5)9-11-26(20)34/h8-13,23-24,27-28,38H,6-7,14-16,18H2,1-5H3,(H,36,45)(H,37,46)(H,39,40,41,42)/t23-,24?,27+,28+/m1/s1. The van der Waals surface area contributed by atoms with E-state index in [1.54, 1.807) is 19.0 Å². The molecule has 2 heterocycles. The van der Waals surface area contributed by atoms with E-state index in [0.717, 1.165) is 35.1 Å². The molecular weight excluding hydrogens is 582 g/mol. The monoisotopic (exact) mass is 623 g/mol. The maximum atomic E-state index is 13.6. The summed E-state index contributed by atoms with van der Waals surface area (Å²) in [5, 5.41) is 34.3. The van der Waals surface area contributed by atoms with Gasteiger partial charge in [-0.25, -0.2) is 5.10 Å². The second-order valence-electron chi connectivity index (χ2n) is 13.8. The summed E-state index contributed by atoms with van der Waals surface area (Å²) in [5.74, 6) is 0.550. The summed E-state index contributed by atoms with van der Waals surface area (Å²) in [4.78, 5) is 40.8. The van der Waals surface area contributed by atoms with Crippen LogP contribution in [-0.2, 0) is 23.1 Å². The van der Waals surface area contributed by atoms with Crippen molar-refractivity contribution in [3.8, 4) is 6.07 Å². The Kier molecular flexibility index (Phi) is 8.14. The number of rotatable bonds is 8. The molecule has 1 saturated heterocycles. The van der Waals surface area contributed by atoms with Crippen LogP contribution in [0.5, 0.6) is 0 Å². The molecule has 1 aromatic heterocycles. The number of amides is 3. The molecule has 1 aliphatic heterocycles. The molecule has 240 valence electrons. The number of likely N-dealkylation sites (tertiary alicyclic amines) is 1. The van der Waals surface area contributed by atoms with Crippen LogP contribution in [0.25, 0.3) is 0 Å². The predicted octanol–water partition coefficient (Wildman–Crippen LogP) is 2.26. The smallest absolute Gasteiger partial charge is 0.251 e. The summed E-state index contributed by atoms with van der Waals surface area (Å²) in [6.45, 7) is 6.50. The van der Waals surface area contributed by atoms with Crippen molar-refractivity contribution in [1.82, 2.24) is 41.5 Å². The molecule has 6 rings (SSSR count). The number of aryl methyl sites for hydroxylation is 2. The highest BCUT2D eigenvalue weighted by atomic mass is 16.2. The first-order valence-electron chi connectivity index (χ1n) is 15.9. The summed E-state index contributed by atoms with van der Waals surface area (Å²) in [7, 11) is 3.22. The molecule has 3 aromatic rings. The lowest BCUT2D eigenvalue weighted by Crippen LogP contribution is -2.51. The van der Waals surface area contributed by atoms with Gasteiger partial charge in [0.25, 0.3) is 11.8 Å². The quantitative estimate of drug-likeness (QED) is 0.296. The van der Waals surface area contributed by atoms with Crippen LogP contribution in [0.15, 0.2) is 36.4 Å². The number of nitrogens with one attached hydrogen (secondary N) is 4. The van der Waals surface area contributed by atoms with E-state index in [2.05, 4.69) is 63.4 Å². The van der Waals surface area contributed by atoms with Crippen molar-refractivity contribution in [2.75, 3.05) is 20.6 Å². The number of fused-ring (bicyclic) bond motifs is 3. The number of carbonyl (C=O) groups excluding carboxylic acids is 3. The average molecular weight is 624 g/mol. The normalized spacial score (nSPS) is 21.6. The summed E-state index contributed by atoms with van der Waals surface area (Å²) < 4.78 is 0. The second-order valence-corrected chi connectivity index (χ2v) is 13.8. The number of nitriles is 1. The first kappa shape index (κ1) is 31.4. The Morgan fingerprint density at radius 3 is 2.13 bits per heavy atom. The van der Waals surface area contributed by atoms with E-state index in [1.165, 1.54) is 0 Å². The van der Waals surface area contributed by atoms with Gasteiger partial charge in [0, 0.05) is 37.3 Å². The van der Waals surface area contributed by atoms with Crippen molar-refractivity contribution in [3.63, 3.8) is 0 Å². The van der Waals surface area contributed by atoms with Crippen molar-refractivity contribution in [1.29, 1.82) is 5.26 Å². The summed E-state index contributed by atoms with van der Waals surface area (Å²) >= 11 is 0. The molecule has 4 N–H and O–H groups in total. The van der Waals surface area contributed by atoms with Gasteiger partial charge < -0.3 is 20.9 Å². The summed E-state index contributed by atoms with van der Waals surface area (Å²) in [5.41, 5.74) is 3.73. The summed E-state index contributed by atoms with van der Waals surface area (Å²) in [6.07, 6.45) is 3.45. The number of benzene rings is 2. The number of aromatic amines is 1. The molecule has 1 saturated carbocycles. The van der Waals surface area contributed by atoms with Gasteiger partial charge in [0.15, 0.2) is 5.82 Å². The number of piperidine rings is 1. The Bertz CT molecular complexity index is 1640. The second kappa shape index (κ2) is 11.9. The maximum absolute atomic E-state index is 13.6. The number of hydrogen-bond donors (Lipinski definition) is 4. The molecule has 0 spiro atoms. The van der Waals surface area contributed by atoms with Crippen molar-refractivity contribution in [2.45, 2.75) is 76.4 Å². The summed E-state index contributed by atoms with van der Waals surface area (Å²) in [6, 6.07) is 13.4. The highest BCUT2D eigenvalue weighted by Gasteiger charge is 2.54. The molecule has 0 radical (unpaired) electrons. The van der Waals surface area contributed by atoms with E-state index in [1.807, 2.05) is 36.4 Å². The van der Waals surface area contributed by atoms with Gasteiger partial charge in [-0.3, -0.25) is 14.4 Å². The van der Waals surface area contributed by atoms with E-state index in [4.69, 9.17) is 0 Å². The molecular formula is C34H41N9O3. The first-order valence-corrected chi connectivity index (χ1v) is 15.9. The Balaban J connectivity index is 1.48. The van der Waals surface area contributed by atoms with Crippen LogP contribution in [-0.4, -0.2) is 82.0 Å². The average Bonchev–Trinajstić information content (AvgIpc) is 3.43. The zero-order chi connectivity index (χ0) is 32.8. The van der Waals surface area contributed by atoms with Crippen molar-refractivity contribution in [3.05, 3.63) is 75.6 Å². The Labute approximate surface area is 268 Å². The molecule has 46 heavy (non-hydrogen) atoms. The fourth-order valence-electron chi connectivity index (χ4n) is 7.55. The van der Waals surface area contributed by atoms with Crippen LogP contribution in [0.2, 0.25) is 0 Å². The van der Waals surface area contributed by atoms with Crippen LogP contribution in [0, 0.1) is 22.7 Å². The first-order chi connectivity index (χ1) is 22.0.